The molecule has 1 heterocycles. The summed E-state index contributed by atoms with van der Waals surface area (Å²) < 4.78 is 38.8. The molecule has 0 aliphatic carbocycles. The number of nitrogens with one attached hydrogen (secondary N) is 1. The highest BCUT2D eigenvalue weighted by Crippen LogP contribution is 2.21. The minimum Gasteiger partial charge on any atom is -0.363 e. The number of rotatable bonds is 2. The zero-order chi connectivity index (χ0) is 9.19. The van der Waals surface area contributed by atoms with Gasteiger partial charge in [-0.05, 0) is 0 Å². The van der Waals surface area contributed by atoms with E-state index in [0.29, 0.717) is 5.13 Å². The fraction of sp³-hybridized carbons (Fsp3) is 0.600. The van der Waals surface area contributed by atoms with Crippen molar-refractivity contribution in [1.82, 2.24) is 9.36 Å². The van der Waals surface area contributed by atoms with Crippen molar-refractivity contribution in [3.05, 3.63) is 5.82 Å². The van der Waals surface area contributed by atoms with Crippen molar-refractivity contribution in [3.63, 3.8) is 0 Å². The lowest BCUT2D eigenvalue weighted by molar-refractivity contribution is -0.128. The first-order chi connectivity index (χ1) is 5.51. The first-order valence-electron chi connectivity index (χ1n) is 3.08. The van der Waals surface area contributed by atoms with Crippen molar-refractivity contribution in [2.75, 3.05) is 12.4 Å². The summed E-state index contributed by atoms with van der Waals surface area (Å²) in [5.41, 5.74) is 0. The van der Waals surface area contributed by atoms with E-state index in [2.05, 4.69) is 14.7 Å². The highest BCUT2D eigenvalue weighted by atomic mass is 32.1. The highest BCUT2D eigenvalue weighted by Gasteiger charge is 2.29. The smallest absolute Gasteiger partial charge is 0.363 e. The van der Waals surface area contributed by atoms with Crippen molar-refractivity contribution >= 4 is 16.7 Å². The molecule has 0 saturated heterocycles. The molecule has 0 aromatic carbocycles. The van der Waals surface area contributed by atoms with Crippen LogP contribution in [-0.2, 0) is 6.42 Å². The highest BCUT2D eigenvalue weighted by molar-refractivity contribution is 7.09. The number of aromatic nitrogens is 2. The zero-order valence-corrected chi connectivity index (χ0v) is 6.96. The number of hydrogen-bond acceptors (Lipinski definition) is 4. The summed E-state index contributed by atoms with van der Waals surface area (Å²) in [4.78, 5) is 3.59. The third-order valence-corrected chi connectivity index (χ3v) is 1.81. The van der Waals surface area contributed by atoms with Gasteiger partial charge >= 0.3 is 6.18 Å². The monoisotopic (exact) mass is 197 g/mol. The molecule has 0 aliphatic rings. The number of nitrogens with zero attached hydrogens (tertiary/aromatic N) is 2. The van der Waals surface area contributed by atoms with Crippen LogP contribution in [0, 0.1) is 0 Å². The second-order valence-electron chi connectivity index (χ2n) is 2.06. The summed E-state index contributed by atoms with van der Waals surface area (Å²) in [6.45, 7) is 0. The molecule has 0 unspecified atom stereocenters. The normalized spacial score (nSPS) is 11.7. The van der Waals surface area contributed by atoms with E-state index in [1.165, 1.54) is 0 Å². The maximum absolute atomic E-state index is 11.8. The standard InChI is InChI=1S/C5H6F3N3S/c1-9-4-10-3(11-12-4)2-5(6,7)8/h2H2,1H3,(H,9,10,11). The van der Waals surface area contributed by atoms with Gasteiger partial charge in [0.2, 0.25) is 5.13 Å². The van der Waals surface area contributed by atoms with Gasteiger partial charge in [-0.15, -0.1) is 0 Å². The Morgan fingerprint density at radius 2 is 2.17 bits per heavy atom. The van der Waals surface area contributed by atoms with Gasteiger partial charge in [0.25, 0.3) is 0 Å². The zero-order valence-electron chi connectivity index (χ0n) is 6.14. The summed E-state index contributed by atoms with van der Waals surface area (Å²) in [5.74, 6) is -0.183. The van der Waals surface area contributed by atoms with Gasteiger partial charge in [0, 0.05) is 18.6 Å². The Balaban J connectivity index is 2.64. The summed E-state index contributed by atoms with van der Waals surface area (Å²) in [6.07, 6.45) is -5.29. The van der Waals surface area contributed by atoms with Crippen LogP contribution in [0.3, 0.4) is 0 Å². The van der Waals surface area contributed by atoms with Gasteiger partial charge in [0.05, 0.1) is 0 Å². The maximum Gasteiger partial charge on any atom is 0.396 e. The van der Waals surface area contributed by atoms with E-state index in [1.807, 2.05) is 0 Å². The molecular formula is C5H6F3N3S. The number of alkyl halides is 3. The molecule has 0 fully saturated rings. The van der Waals surface area contributed by atoms with Crippen molar-refractivity contribution < 1.29 is 13.2 Å². The molecule has 3 nitrogen and oxygen atoms in total. The predicted octanol–water partition coefficient (Wildman–Crippen LogP) is 1.68. The van der Waals surface area contributed by atoms with Crippen LogP contribution in [0.25, 0.3) is 0 Å². The molecule has 0 radical (unpaired) electrons. The van der Waals surface area contributed by atoms with Crippen molar-refractivity contribution in [3.8, 4) is 0 Å². The van der Waals surface area contributed by atoms with Crippen molar-refractivity contribution in [1.29, 1.82) is 0 Å². The third-order valence-electron chi connectivity index (χ3n) is 1.04. The van der Waals surface area contributed by atoms with Crippen molar-refractivity contribution in [2.45, 2.75) is 12.6 Å². The third kappa shape index (κ3) is 2.65. The van der Waals surface area contributed by atoms with Gasteiger partial charge in [0.15, 0.2) is 5.82 Å². The average Bonchev–Trinajstić information content (AvgIpc) is 2.32. The molecular weight excluding hydrogens is 191 g/mol. The van der Waals surface area contributed by atoms with Crippen LogP contribution < -0.4 is 5.32 Å². The molecule has 0 bridgehead atoms. The van der Waals surface area contributed by atoms with Crippen LogP contribution >= 0.6 is 11.5 Å². The first kappa shape index (κ1) is 9.24. The minimum absolute atomic E-state index is 0.183. The summed E-state index contributed by atoms with van der Waals surface area (Å²) >= 11 is 0.918. The SMILES string of the molecule is CNc1nc(CC(F)(F)F)ns1. The Morgan fingerprint density at radius 1 is 1.50 bits per heavy atom. The Morgan fingerprint density at radius 3 is 2.58 bits per heavy atom. The van der Waals surface area contributed by atoms with E-state index in [-0.39, 0.29) is 5.82 Å². The molecule has 1 aromatic heterocycles. The Hall–Kier alpha value is -0.850. The Kier molecular flexibility index (Phi) is 2.51. The van der Waals surface area contributed by atoms with E-state index >= 15 is 0 Å². The summed E-state index contributed by atoms with van der Waals surface area (Å²) in [7, 11) is 1.58. The van der Waals surface area contributed by atoms with Crippen LogP contribution in [0.1, 0.15) is 5.82 Å². The van der Waals surface area contributed by atoms with Gasteiger partial charge in [0.1, 0.15) is 6.42 Å². The van der Waals surface area contributed by atoms with Gasteiger partial charge in [-0.3, -0.25) is 0 Å². The van der Waals surface area contributed by atoms with E-state index in [4.69, 9.17) is 0 Å². The molecule has 1 aromatic rings. The first-order valence-corrected chi connectivity index (χ1v) is 3.85. The van der Waals surface area contributed by atoms with Crippen molar-refractivity contribution in [2.24, 2.45) is 0 Å². The van der Waals surface area contributed by atoms with E-state index in [1.54, 1.807) is 7.05 Å². The largest absolute Gasteiger partial charge is 0.396 e. The fourth-order valence-corrected chi connectivity index (χ4v) is 1.14. The molecule has 0 saturated carbocycles. The quantitative estimate of drug-likeness (QED) is 0.783. The summed E-state index contributed by atoms with van der Waals surface area (Å²) in [6, 6.07) is 0. The molecule has 1 N–H and O–H groups in total. The maximum atomic E-state index is 11.8. The molecule has 0 spiro atoms. The lowest BCUT2D eigenvalue weighted by atomic mass is 10.4. The number of halogens is 3. The molecule has 1 rings (SSSR count). The molecule has 68 valence electrons. The molecule has 12 heavy (non-hydrogen) atoms. The molecule has 7 heteroatoms. The molecule has 0 aliphatic heterocycles. The fourth-order valence-electron chi connectivity index (χ4n) is 0.607. The van der Waals surface area contributed by atoms with Gasteiger partial charge in [-0.2, -0.15) is 17.5 Å². The second-order valence-corrected chi connectivity index (χ2v) is 2.81. The molecule has 0 atom stereocenters. The molecule has 0 amide bonds. The number of hydrogen-bond donors (Lipinski definition) is 1. The summed E-state index contributed by atoms with van der Waals surface area (Å²) in [5, 5.41) is 3.01. The average molecular weight is 197 g/mol. The lowest BCUT2D eigenvalue weighted by Crippen LogP contribution is -2.12. The topological polar surface area (TPSA) is 37.8 Å². The van der Waals surface area contributed by atoms with E-state index in [9.17, 15) is 13.2 Å². The predicted molar refractivity (Wildman–Crippen MR) is 39.2 cm³/mol. The van der Waals surface area contributed by atoms with Gasteiger partial charge < -0.3 is 5.32 Å². The van der Waals surface area contributed by atoms with E-state index < -0.39 is 12.6 Å². The Labute approximate surface area is 70.8 Å². The van der Waals surface area contributed by atoms with Crippen LogP contribution in [0.15, 0.2) is 0 Å². The Bertz CT molecular complexity index is 257. The van der Waals surface area contributed by atoms with Crippen LogP contribution in [0.2, 0.25) is 0 Å². The second kappa shape index (κ2) is 3.26. The van der Waals surface area contributed by atoms with Crippen LogP contribution in [0.4, 0.5) is 18.3 Å². The van der Waals surface area contributed by atoms with Crippen LogP contribution in [-0.4, -0.2) is 22.6 Å². The van der Waals surface area contributed by atoms with Gasteiger partial charge in [-0.25, -0.2) is 4.98 Å². The lowest BCUT2D eigenvalue weighted by Gasteiger charge is -2.00. The van der Waals surface area contributed by atoms with Crippen LogP contribution in [0.5, 0.6) is 0 Å². The van der Waals surface area contributed by atoms with Gasteiger partial charge in [-0.1, -0.05) is 0 Å². The number of anilines is 1. The van der Waals surface area contributed by atoms with E-state index in [0.717, 1.165) is 11.5 Å². The minimum atomic E-state index is -4.23.